The SMILES string of the molecule is Nc1nc(N)nc(N)n1.O=CC(=O)C(=O)OCCO. The number of ether oxygens (including phenoxy) is 1. The Kier molecular flexibility index (Phi) is 7.07. The quantitative estimate of drug-likeness (QED) is 0.187. The molecule has 11 heteroatoms. The number of aliphatic hydroxyl groups is 1. The molecule has 0 aliphatic carbocycles. The van der Waals surface area contributed by atoms with Gasteiger partial charge in [-0.15, -0.1) is 0 Å². The first-order chi connectivity index (χ1) is 8.90. The van der Waals surface area contributed by atoms with Gasteiger partial charge in [0.2, 0.25) is 17.8 Å². The van der Waals surface area contributed by atoms with E-state index in [1.54, 1.807) is 0 Å². The van der Waals surface area contributed by atoms with Crippen LogP contribution in [-0.4, -0.2) is 51.3 Å². The number of aldehydes is 1. The van der Waals surface area contributed by atoms with Gasteiger partial charge in [0.15, 0.2) is 6.29 Å². The molecule has 1 aromatic rings. The normalized spacial score (nSPS) is 8.89. The molecule has 0 atom stereocenters. The van der Waals surface area contributed by atoms with Gasteiger partial charge in [-0.05, 0) is 0 Å². The molecule has 0 unspecified atom stereocenters. The molecule has 1 heterocycles. The van der Waals surface area contributed by atoms with E-state index in [-0.39, 0.29) is 37.3 Å². The molecule has 0 aliphatic heterocycles. The molecule has 19 heavy (non-hydrogen) atoms. The number of esters is 1. The Morgan fingerprint density at radius 1 is 1.11 bits per heavy atom. The number of carbonyl (C=O) groups excluding carboxylic acids is 3. The average molecular weight is 272 g/mol. The fraction of sp³-hybridized carbons (Fsp3) is 0.250. The summed E-state index contributed by atoms with van der Waals surface area (Å²) in [6.45, 7) is -0.629. The minimum Gasteiger partial charge on any atom is -0.457 e. The van der Waals surface area contributed by atoms with Crippen LogP contribution in [0.2, 0.25) is 0 Å². The summed E-state index contributed by atoms with van der Waals surface area (Å²) in [5, 5.41) is 8.09. The van der Waals surface area contributed by atoms with Crippen molar-refractivity contribution in [2.45, 2.75) is 0 Å². The van der Waals surface area contributed by atoms with Crippen LogP contribution in [0.4, 0.5) is 17.8 Å². The second-order valence-electron chi connectivity index (χ2n) is 2.75. The first-order valence-corrected chi connectivity index (χ1v) is 4.70. The van der Waals surface area contributed by atoms with Crippen LogP contribution in [0.3, 0.4) is 0 Å². The molecule has 1 rings (SSSR count). The van der Waals surface area contributed by atoms with E-state index in [0.29, 0.717) is 0 Å². The first-order valence-electron chi connectivity index (χ1n) is 4.70. The Bertz CT molecular complexity index is 414. The van der Waals surface area contributed by atoms with E-state index in [1.807, 2.05) is 0 Å². The Balaban J connectivity index is 0.000000342. The number of nitrogen functional groups attached to an aromatic ring is 3. The summed E-state index contributed by atoms with van der Waals surface area (Å²) in [7, 11) is 0. The lowest BCUT2D eigenvalue weighted by molar-refractivity contribution is -0.155. The van der Waals surface area contributed by atoms with E-state index in [1.165, 1.54) is 0 Å². The molecule has 0 amide bonds. The van der Waals surface area contributed by atoms with Crippen molar-refractivity contribution in [1.82, 2.24) is 15.0 Å². The fourth-order valence-electron chi connectivity index (χ4n) is 0.685. The molecular formula is C8H12N6O5. The number of hydrogen-bond acceptors (Lipinski definition) is 11. The van der Waals surface area contributed by atoms with Gasteiger partial charge in [0.1, 0.15) is 6.61 Å². The molecule has 7 N–H and O–H groups in total. The smallest absolute Gasteiger partial charge is 0.382 e. The number of rotatable bonds is 4. The van der Waals surface area contributed by atoms with E-state index in [9.17, 15) is 14.4 Å². The molecule has 0 aromatic carbocycles. The first kappa shape index (κ1) is 16.2. The van der Waals surface area contributed by atoms with Crippen LogP contribution in [0.1, 0.15) is 0 Å². The molecule has 0 spiro atoms. The van der Waals surface area contributed by atoms with Crippen molar-refractivity contribution in [3.8, 4) is 0 Å². The van der Waals surface area contributed by atoms with E-state index in [0.717, 1.165) is 0 Å². The van der Waals surface area contributed by atoms with Crippen molar-refractivity contribution in [3.63, 3.8) is 0 Å². The minimum absolute atomic E-state index is 0.0417. The molecule has 0 fully saturated rings. The number of aromatic nitrogens is 3. The van der Waals surface area contributed by atoms with Crippen molar-refractivity contribution in [1.29, 1.82) is 0 Å². The van der Waals surface area contributed by atoms with Crippen molar-refractivity contribution >= 4 is 35.9 Å². The van der Waals surface area contributed by atoms with Crippen molar-refractivity contribution in [3.05, 3.63) is 0 Å². The average Bonchev–Trinajstić information content (AvgIpc) is 2.33. The van der Waals surface area contributed by atoms with Crippen LogP contribution < -0.4 is 17.2 Å². The third-order valence-corrected chi connectivity index (χ3v) is 1.32. The molecule has 0 radical (unpaired) electrons. The van der Waals surface area contributed by atoms with Crippen LogP contribution in [-0.2, 0) is 19.1 Å². The monoisotopic (exact) mass is 272 g/mol. The van der Waals surface area contributed by atoms with Crippen molar-refractivity contribution in [2.75, 3.05) is 30.4 Å². The van der Waals surface area contributed by atoms with Crippen molar-refractivity contribution in [2.24, 2.45) is 0 Å². The summed E-state index contributed by atoms with van der Waals surface area (Å²) in [6.07, 6.45) is -0.139. The highest BCUT2D eigenvalue weighted by Crippen LogP contribution is 1.97. The van der Waals surface area contributed by atoms with Gasteiger partial charge < -0.3 is 27.0 Å². The fourth-order valence-corrected chi connectivity index (χ4v) is 0.685. The second kappa shape index (κ2) is 8.30. The molecular weight excluding hydrogens is 260 g/mol. The van der Waals surface area contributed by atoms with Gasteiger partial charge in [-0.1, -0.05) is 0 Å². The zero-order chi connectivity index (χ0) is 14.8. The highest BCUT2D eigenvalue weighted by atomic mass is 16.5. The molecule has 1 aromatic heterocycles. The zero-order valence-corrected chi connectivity index (χ0v) is 9.65. The van der Waals surface area contributed by atoms with E-state index >= 15 is 0 Å². The molecule has 0 bridgehead atoms. The molecule has 11 nitrogen and oxygen atoms in total. The maximum absolute atomic E-state index is 10.2. The largest absolute Gasteiger partial charge is 0.457 e. The third-order valence-electron chi connectivity index (χ3n) is 1.32. The highest BCUT2D eigenvalue weighted by Gasteiger charge is 2.12. The van der Waals surface area contributed by atoms with Gasteiger partial charge in [-0.25, -0.2) is 4.79 Å². The number of ketones is 1. The lowest BCUT2D eigenvalue weighted by Gasteiger charge is -1.95. The number of anilines is 3. The molecule has 0 aliphatic rings. The minimum atomic E-state index is -1.24. The van der Waals surface area contributed by atoms with Crippen LogP contribution in [0.5, 0.6) is 0 Å². The van der Waals surface area contributed by atoms with Gasteiger partial charge in [0, 0.05) is 0 Å². The number of Topliss-reactive ketones (excluding diaryl/α,β-unsaturated/α-hetero) is 1. The third kappa shape index (κ3) is 7.17. The summed E-state index contributed by atoms with van der Waals surface area (Å²) in [5.41, 5.74) is 15.4. The lowest BCUT2D eigenvalue weighted by Crippen LogP contribution is -2.19. The summed E-state index contributed by atoms with van der Waals surface area (Å²) in [6, 6.07) is 0. The van der Waals surface area contributed by atoms with E-state index in [4.69, 9.17) is 22.3 Å². The predicted molar refractivity (Wildman–Crippen MR) is 62.2 cm³/mol. The summed E-state index contributed by atoms with van der Waals surface area (Å²) in [4.78, 5) is 40.4. The molecule has 0 saturated heterocycles. The standard InChI is InChI=1S/C5H6O5.C3H6N6/c6-1-2-10-5(9)4(8)3-7;4-1-7-2(5)9-3(6)8-1/h3,6H,1-2H2;(H6,4,5,6,7,8,9). The Morgan fingerprint density at radius 3 is 1.84 bits per heavy atom. The highest BCUT2D eigenvalue weighted by molar-refractivity contribution is 6.55. The number of nitrogens with zero attached hydrogens (tertiary/aromatic N) is 3. The maximum Gasteiger partial charge on any atom is 0.382 e. The maximum atomic E-state index is 10.2. The number of nitrogens with two attached hydrogens (primary N) is 3. The van der Waals surface area contributed by atoms with Crippen molar-refractivity contribution < 1.29 is 24.2 Å². The number of hydrogen-bond donors (Lipinski definition) is 4. The topological polar surface area (TPSA) is 197 Å². The van der Waals surface area contributed by atoms with Crippen LogP contribution >= 0.6 is 0 Å². The number of aliphatic hydroxyl groups excluding tert-OH is 1. The van der Waals surface area contributed by atoms with Crippen LogP contribution in [0, 0.1) is 0 Å². The lowest BCUT2D eigenvalue weighted by atomic mass is 10.4. The zero-order valence-electron chi connectivity index (χ0n) is 9.65. The Morgan fingerprint density at radius 2 is 1.53 bits per heavy atom. The van der Waals surface area contributed by atoms with Gasteiger partial charge in [0.25, 0.3) is 0 Å². The summed E-state index contributed by atoms with van der Waals surface area (Å²) >= 11 is 0. The molecule has 0 saturated carbocycles. The second-order valence-corrected chi connectivity index (χ2v) is 2.75. The van der Waals surface area contributed by atoms with Gasteiger partial charge in [-0.3, -0.25) is 9.59 Å². The predicted octanol–water partition coefficient (Wildman–Crippen LogP) is -3.09. The van der Waals surface area contributed by atoms with Crippen LogP contribution in [0.15, 0.2) is 0 Å². The van der Waals surface area contributed by atoms with Gasteiger partial charge >= 0.3 is 11.8 Å². The van der Waals surface area contributed by atoms with E-state index in [2.05, 4.69) is 19.7 Å². The summed E-state index contributed by atoms with van der Waals surface area (Å²) < 4.78 is 4.07. The Labute approximate surface area is 106 Å². The van der Waals surface area contributed by atoms with Gasteiger partial charge in [-0.2, -0.15) is 15.0 Å². The van der Waals surface area contributed by atoms with Crippen LogP contribution in [0.25, 0.3) is 0 Å². The summed E-state index contributed by atoms with van der Waals surface area (Å²) in [5.74, 6) is -2.35. The Hall–Kier alpha value is -2.82. The molecule has 104 valence electrons. The van der Waals surface area contributed by atoms with Gasteiger partial charge in [0.05, 0.1) is 6.61 Å². The van der Waals surface area contributed by atoms with E-state index < -0.39 is 11.8 Å². The number of carbonyl (C=O) groups is 3.